The Morgan fingerprint density at radius 3 is 2.64 bits per heavy atom. The van der Waals surface area contributed by atoms with E-state index in [1.807, 2.05) is 0 Å². The van der Waals surface area contributed by atoms with Gasteiger partial charge in [-0.2, -0.15) is 0 Å². The van der Waals surface area contributed by atoms with Gasteiger partial charge in [0.2, 0.25) is 0 Å². The highest BCUT2D eigenvalue weighted by molar-refractivity contribution is 4.82. The van der Waals surface area contributed by atoms with Crippen LogP contribution in [0.3, 0.4) is 0 Å². The molecule has 0 aromatic carbocycles. The third-order valence-corrected chi connectivity index (χ3v) is 2.54. The molecule has 0 amide bonds. The monoisotopic (exact) mass is 160 g/mol. The smallest absolute Gasteiger partial charge is 0.0897 e. The highest BCUT2D eigenvalue weighted by Gasteiger charge is 2.28. The quantitative estimate of drug-likeness (QED) is 0.650. The molecule has 3 heteroatoms. The summed E-state index contributed by atoms with van der Waals surface area (Å²) in [6.07, 6.45) is 0.687. The van der Waals surface area contributed by atoms with Crippen LogP contribution < -0.4 is 5.73 Å². The van der Waals surface area contributed by atoms with E-state index < -0.39 is 0 Å². The molecule has 66 valence electrons. The van der Waals surface area contributed by atoms with Gasteiger partial charge in [0, 0.05) is 13.1 Å². The second-order valence-electron chi connectivity index (χ2n) is 3.45. The van der Waals surface area contributed by atoms with Gasteiger partial charge in [0.15, 0.2) is 0 Å². The number of hydrogen-bond acceptors (Lipinski definition) is 2. The van der Waals surface area contributed by atoms with E-state index >= 15 is 0 Å². The Morgan fingerprint density at radius 1 is 1.45 bits per heavy atom. The molecule has 1 aliphatic heterocycles. The van der Waals surface area contributed by atoms with Gasteiger partial charge in [-0.05, 0) is 31.8 Å². The minimum atomic E-state index is -0.199. The highest BCUT2D eigenvalue weighted by Crippen LogP contribution is 2.23. The van der Waals surface area contributed by atoms with Crippen molar-refractivity contribution in [3.63, 3.8) is 0 Å². The molecular formula is C8H17FN2. The molecule has 2 nitrogen and oxygen atoms in total. The Hall–Kier alpha value is -0.150. The lowest BCUT2D eigenvalue weighted by molar-refractivity contribution is 0.339. The zero-order valence-electron chi connectivity index (χ0n) is 7.09. The predicted molar refractivity (Wildman–Crippen MR) is 44.1 cm³/mol. The van der Waals surface area contributed by atoms with Crippen LogP contribution >= 0.6 is 0 Å². The third-order valence-electron chi connectivity index (χ3n) is 2.54. The average molecular weight is 160 g/mol. The number of nitrogens with zero attached hydrogens (tertiary/aromatic N) is 1. The fraction of sp³-hybridized carbons (Fsp3) is 1.00. The first kappa shape index (κ1) is 8.94. The molecule has 0 bridgehead atoms. The SMILES string of the molecule is CN1CC(CN)C(CCF)C1. The van der Waals surface area contributed by atoms with Gasteiger partial charge in [0.05, 0.1) is 6.67 Å². The van der Waals surface area contributed by atoms with E-state index in [1.165, 1.54) is 0 Å². The maximum Gasteiger partial charge on any atom is 0.0897 e. The van der Waals surface area contributed by atoms with Gasteiger partial charge in [-0.25, -0.2) is 0 Å². The number of rotatable bonds is 3. The van der Waals surface area contributed by atoms with Gasteiger partial charge < -0.3 is 10.6 Å². The highest BCUT2D eigenvalue weighted by atomic mass is 19.1. The second kappa shape index (κ2) is 4.02. The number of halogens is 1. The normalized spacial score (nSPS) is 33.0. The van der Waals surface area contributed by atoms with Gasteiger partial charge in [0.1, 0.15) is 0 Å². The molecule has 11 heavy (non-hydrogen) atoms. The summed E-state index contributed by atoms with van der Waals surface area (Å²) < 4.78 is 12.0. The molecule has 0 saturated carbocycles. The van der Waals surface area contributed by atoms with Crippen molar-refractivity contribution in [3.05, 3.63) is 0 Å². The van der Waals surface area contributed by atoms with Crippen molar-refractivity contribution in [3.8, 4) is 0 Å². The van der Waals surface area contributed by atoms with E-state index in [1.54, 1.807) is 0 Å². The van der Waals surface area contributed by atoms with Gasteiger partial charge in [-0.3, -0.25) is 4.39 Å². The summed E-state index contributed by atoms with van der Waals surface area (Å²) in [5.41, 5.74) is 5.57. The van der Waals surface area contributed by atoms with Crippen LogP contribution in [0.1, 0.15) is 6.42 Å². The van der Waals surface area contributed by atoms with E-state index in [2.05, 4.69) is 11.9 Å². The maximum atomic E-state index is 12.0. The summed E-state index contributed by atoms with van der Waals surface area (Å²) in [7, 11) is 2.07. The lowest BCUT2D eigenvalue weighted by atomic mass is 9.94. The first-order valence-electron chi connectivity index (χ1n) is 4.22. The molecule has 0 aromatic rings. The standard InChI is InChI=1S/C8H17FN2/c1-11-5-7(2-3-9)8(4-10)6-11/h7-8H,2-6,10H2,1H3. The van der Waals surface area contributed by atoms with E-state index in [0.717, 1.165) is 13.1 Å². The molecule has 0 spiro atoms. The van der Waals surface area contributed by atoms with Gasteiger partial charge >= 0.3 is 0 Å². The Labute approximate surface area is 67.6 Å². The molecule has 1 rings (SSSR count). The lowest BCUT2D eigenvalue weighted by Gasteiger charge is -2.13. The van der Waals surface area contributed by atoms with E-state index in [0.29, 0.717) is 24.8 Å². The number of likely N-dealkylation sites (tertiary alicyclic amines) is 1. The minimum Gasteiger partial charge on any atom is -0.330 e. The molecule has 2 atom stereocenters. The van der Waals surface area contributed by atoms with Crippen LogP contribution in [-0.4, -0.2) is 38.3 Å². The fourth-order valence-corrected chi connectivity index (χ4v) is 1.91. The first-order valence-corrected chi connectivity index (χ1v) is 4.22. The topological polar surface area (TPSA) is 29.3 Å². The predicted octanol–water partition coefficient (Wildman–Crippen LogP) is 0.482. The largest absolute Gasteiger partial charge is 0.330 e. The Balaban J connectivity index is 2.37. The summed E-state index contributed by atoms with van der Waals surface area (Å²) >= 11 is 0. The van der Waals surface area contributed by atoms with Crippen LogP contribution in [-0.2, 0) is 0 Å². The van der Waals surface area contributed by atoms with Crippen LogP contribution in [0.25, 0.3) is 0 Å². The van der Waals surface area contributed by atoms with Gasteiger partial charge in [-0.15, -0.1) is 0 Å². The minimum absolute atomic E-state index is 0.199. The second-order valence-corrected chi connectivity index (χ2v) is 3.45. The van der Waals surface area contributed by atoms with Gasteiger partial charge in [-0.1, -0.05) is 0 Å². The summed E-state index contributed by atoms with van der Waals surface area (Å²) in [5.74, 6) is 1.02. The summed E-state index contributed by atoms with van der Waals surface area (Å²) in [4.78, 5) is 2.23. The summed E-state index contributed by atoms with van der Waals surface area (Å²) in [6, 6.07) is 0. The van der Waals surface area contributed by atoms with Crippen LogP contribution in [0.4, 0.5) is 4.39 Å². The van der Waals surface area contributed by atoms with E-state index in [9.17, 15) is 4.39 Å². The fourth-order valence-electron chi connectivity index (χ4n) is 1.91. The molecule has 1 saturated heterocycles. The van der Waals surface area contributed by atoms with Crippen molar-refractivity contribution in [2.75, 3.05) is 33.4 Å². The van der Waals surface area contributed by atoms with Crippen molar-refractivity contribution in [1.29, 1.82) is 0 Å². The van der Waals surface area contributed by atoms with E-state index in [-0.39, 0.29) is 6.67 Å². The summed E-state index contributed by atoms with van der Waals surface area (Å²) in [6.45, 7) is 2.57. The zero-order valence-corrected chi connectivity index (χ0v) is 7.09. The first-order chi connectivity index (χ1) is 5.27. The Morgan fingerprint density at radius 2 is 2.09 bits per heavy atom. The van der Waals surface area contributed by atoms with Crippen molar-refractivity contribution < 1.29 is 4.39 Å². The van der Waals surface area contributed by atoms with Crippen molar-refractivity contribution in [2.24, 2.45) is 17.6 Å². The van der Waals surface area contributed by atoms with E-state index in [4.69, 9.17) is 5.73 Å². The lowest BCUT2D eigenvalue weighted by Crippen LogP contribution is -2.22. The van der Waals surface area contributed by atoms with Crippen molar-refractivity contribution in [1.82, 2.24) is 4.90 Å². The van der Waals surface area contributed by atoms with Crippen LogP contribution in [0.5, 0.6) is 0 Å². The molecule has 0 radical (unpaired) electrons. The van der Waals surface area contributed by atoms with Gasteiger partial charge in [0.25, 0.3) is 0 Å². The molecular weight excluding hydrogens is 143 g/mol. The molecule has 0 aliphatic carbocycles. The molecule has 2 N–H and O–H groups in total. The van der Waals surface area contributed by atoms with Crippen molar-refractivity contribution in [2.45, 2.75) is 6.42 Å². The van der Waals surface area contributed by atoms with Crippen molar-refractivity contribution >= 4 is 0 Å². The molecule has 1 fully saturated rings. The molecule has 1 heterocycles. The number of alkyl halides is 1. The average Bonchev–Trinajstić information content (AvgIpc) is 2.32. The van der Waals surface area contributed by atoms with Crippen LogP contribution in [0.15, 0.2) is 0 Å². The number of hydrogen-bond donors (Lipinski definition) is 1. The Bertz CT molecular complexity index is 119. The summed E-state index contributed by atoms with van der Waals surface area (Å²) in [5, 5.41) is 0. The molecule has 0 aromatic heterocycles. The van der Waals surface area contributed by atoms with Crippen LogP contribution in [0, 0.1) is 11.8 Å². The maximum absolute atomic E-state index is 12.0. The molecule has 1 aliphatic rings. The van der Waals surface area contributed by atoms with Crippen LogP contribution in [0.2, 0.25) is 0 Å². The zero-order chi connectivity index (χ0) is 8.27. The molecule has 2 unspecified atom stereocenters. The number of nitrogens with two attached hydrogens (primary N) is 1. The Kier molecular flexibility index (Phi) is 3.27. The third kappa shape index (κ3) is 2.14.